The van der Waals surface area contributed by atoms with E-state index < -0.39 is 0 Å². The van der Waals surface area contributed by atoms with E-state index >= 15 is 0 Å². The largest absolute Gasteiger partial charge is 0.466 e. The number of esters is 1. The number of carbonyl (C=O) groups is 1. The minimum atomic E-state index is -0.0550. The van der Waals surface area contributed by atoms with Crippen LogP contribution in [0, 0.1) is 11.8 Å². The first-order valence-corrected chi connectivity index (χ1v) is 9.84. The van der Waals surface area contributed by atoms with E-state index in [2.05, 4.69) is 31.0 Å². The average molecular weight is 483 g/mol. The van der Waals surface area contributed by atoms with E-state index in [-0.39, 0.29) is 42.0 Å². The highest BCUT2D eigenvalue weighted by Gasteiger charge is 2.27. The van der Waals surface area contributed by atoms with Crippen LogP contribution >= 0.6 is 24.0 Å². The van der Waals surface area contributed by atoms with Crippen LogP contribution in [0.15, 0.2) is 4.99 Å². The standard InChI is InChI=1S/C19H37N3O3.HI/c1-6-20-19(21-12-9-17(15(4)5)24-7-2)22-13-10-16(11-14-22)18(23)25-8-3;/h15-17H,6-14H2,1-5H3,(H,20,21);1H. The third kappa shape index (κ3) is 8.88. The van der Waals surface area contributed by atoms with Crippen molar-refractivity contribution in [2.45, 2.75) is 60.0 Å². The van der Waals surface area contributed by atoms with Gasteiger partial charge in [0.15, 0.2) is 5.96 Å². The molecular weight excluding hydrogens is 445 g/mol. The summed E-state index contributed by atoms with van der Waals surface area (Å²) in [5.74, 6) is 1.42. The molecule has 1 rings (SSSR count). The van der Waals surface area contributed by atoms with E-state index in [1.54, 1.807) is 0 Å². The lowest BCUT2D eigenvalue weighted by Gasteiger charge is -2.33. The molecule has 0 bridgehead atoms. The van der Waals surface area contributed by atoms with Crippen LogP contribution in [0.1, 0.15) is 53.9 Å². The Morgan fingerprint density at radius 1 is 1.19 bits per heavy atom. The Morgan fingerprint density at radius 2 is 1.85 bits per heavy atom. The number of carbonyl (C=O) groups excluding carboxylic acids is 1. The molecule has 1 heterocycles. The lowest BCUT2D eigenvalue weighted by atomic mass is 9.97. The molecule has 0 amide bonds. The summed E-state index contributed by atoms with van der Waals surface area (Å²) in [7, 11) is 0. The fourth-order valence-corrected chi connectivity index (χ4v) is 3.13. The van der Waals surface area contributed by atoms with Crippen molar-refractivity contribution in [3.8, 4) is 0 Å². The fraction of sp³-hybridized carbons (Fsp3) is 0.895. The topological polar surface area (TPSA) is 63.2 Å². The van der Waals surface area contributed by atoms with E-state index in [1.807, 2.05) is 13.8 Å². The highest BCUT2D eigenvalue weighted by atomic mass is 127. The summed E-state index contributed by atoms with van der Waals surface area (Å²) in [4.78, 5) is 18.9. The molecule has 0 aromatic carbocycles. The molecule has 7 heteroatoms. The summed E-state index contributed by atoms with van der Waals surface area (Å²) in [5.41, 5.74) is 0. The van der Waals surface area contributed by atoms with Crippen molar-refractivity contribution in [2.24, 2.45) is 16.8 Å². The molecule has 0 aromatic heterocycles. The summed E-state index contributed by atoms with van der Waals surface area (Å²) in [5, 5.41) is 3.38. The Morgan fingerprint density at radius 3 is 2.35 bits per heavy atom. The Bertz CT molecular complexity index is 411. The van der Waals surface area contributed by atoms with Gasteiger partial charge in [-0.05, 0) is 46.0 Å². The first-order valence-electron chi connectivity index (χ1n) is 9.84. The lowest BCUT2D eigenvalue weighted by molar-refractivity contribution is -0.149. The van der Waals surface area contributed by atoms with Gasteiger partial charge in [0.2, 0.25) is 0 Å². The number of hydrogen-bond acceptors (Lipinski definition) is 4. The summed E-state index contributed by atoms with van der Waals surface area (Å²) in [6, 6.07) is 0. The predicted octanol–water partition coefficient (Wildman–Crippen LogP) is 3.30. The SMILES string of the molecule is CCNC(=NCCC(OCC)C(C)C)N1CCC(C(=O)OCC)CC1.I. The summed E-state index contributed by atoms with van der Waals surface area (Å²) in [6.45, 7) is 14.8. The number of ether oxygens (including phenoxy) is 2. The number of aliphatic imine (C=N–C) groups is 1. The second-order valence-corrected chi connectivity index (χ2v) is 6.78. The van der Waals surface area contributed by atoms with E-state index in [9.17, 15) is 4.79 Å². The number of likely N-dealkylation sites (tertiary alicyclic amines) is 1. The highest BCUT2D eigenvalue weighted by molar-refractivity contribution is 14.0. The van der Waals surface area contributed by atoms with Gasteiger partial charge in [-0.3, -0.25) is 9.79 Å². The highest BCUT2D eigenvalue weighted by Crippen LogP contribution is 2.19. The van der Waals surface area contributed by atoms with Gasteiger partial charge in [0.05, 0.1) is 18.6 Å². The molecule has 1 unspecified atom stereocenters. The third-order valence-electron chi connectivity index (χ3n) is 4.55. The van der Waals surface area contributed by atoms with Gasteiger partial charge in [0.1, 0.15) is 0 Å². The van der Waals surface area contributed by atoms with Gasteiger partial charge in [-0.1, -0.05) is 13.8 Å². The van der Waals surface area contributed by atoms with Crippen molar-refractivity contribution >= 4 is 35.9 Å². The molecule has 0 spiro atoms. The van der Waals surface area contributed by atoms with E-state index in [0.29, 0.717) is 12.5 Å². The van der Waals surface area contributed by atoms with Crippen LogP contribution in [-0.2, 0) is 14.3 Å². The molecule has 26 heavy (non-hydrogen) atoms. The smallest absolute Gasteiger partial charge is 0.309 e. The van der Waals surface area contributed by atoms with Gasteiger partial charge < -0.3 is 19.7 Å². The molecule has 6 nitrogen and oxygen atoms in total. The molecular formula is C19H38IN3O3. The van der Waals surface area contributed by atoms with Gasteiger partial charge >= 0.3 is 5.97 Å². The van der Waals surface area contributed by atoms with Crippen molar-refractivity contribution in [1.82, 2.24) is 10.2 Å². The minimum Gasteiger partial charge on any atom is -0.466 e. The maximum Gasteiger partial charge on any atom is 0.309 e. The maximum atomic E-state index is 11.9. The number of piperidine rings is 1. The second-order valence-electron chi connectivity index (χ2n) is 6.78. The predicted molar refractivity (Wildman–Crippen MR) is 117 cm³/mol. The van der Waals surface area contributed by atoms with Crippen molar-refractivity contribution in [2.75, 3.05) is 39.4 Å². The summed E-state index contributed by atoms with van der Waals surface area (Å²) >= 11 is 0. The number of halogens is 1. The zero-order valence-corrected chi connectivity index (χ0v) is 19.5. The molecule has 0 aromatic rings. The Labute approximate surface area is 176 Å². The molecule has 0 saturated carbocycles. The van der Waals surface area contributed by atoms with Gasteiger partial charge in [-0.15, -0.1) is 24.0 Å². The lowest BCUT2D eigenvalue weighted by Crippen LogP contribution is -2.46. The number of guanidine groups is 1. The molecule has 1 N–H and O–H groups in total. The van der Waals surface area contributed by atoms with Crippen molar-refractivity contribution < 1.29 is 14.3 Å². The molecule has 154 valence electrons. The van der Waals surface area contributed by atoms with Gasteiger partial charge in [-0.2, -0.15) is 0 Å². The Hall–Kier alpha value is -0.570. The molecule has 0 aliphatic carbocycles. The molecule has 1 aliphatic heterocycles. The molecule has 1 saturated heterocycles. The van der Waals surface area contributed by atoms with E-state index in [0.717, 1.165) is 58.0 Å². The summed E-state index contributed by atoms with van der Waals surface area (Å²) in [6.07, 6.45) is 2.85. The fourth-order valence-electron chi connectivity index (χ4n) is 3.13. The quantitative estimate of drug-likeness (QED) is 0.236. The first-order chi connectivity index (χ1) is 12.0. The van der Waals surface area contributed by atoms with Crippen LogP contribution in [0.3, 0.4) is 0 Å². The van der Waals surface area contributed by atoms with Crippen LogP contribution in [0.2, 0.25) is 0 Å². The van der Waals surface area contributed by atoms with E-state index in [1.165, 1.54) is 0 Å². The second kappa shape index (κ2) is 14.5. The number of hydrogen-bond donors (Lipinski definition) is 1. The van der Waals surface area contributed by atoms with Crippen LogP contribution in [0.4, 0.5) is 0 Å². The number of rotatable bonds is 9. The molecule has 1 fully saturated rings. The molecule has 1 aliphatic rings. The third-order valence-corrected chi connectivity index (χ3v) is 4.55. The zero-order chi connectivity index (χ0) is 18.7. The molecule has 0 radical (unpaired) electrons. The van der Waals surface area contributed by atoms with Crippen LogP contribution < -0.4 is 5.32 Å². The maximum absolute atomic E-state index is 11.9. The van der Waals surface area contributed by atoms with Crippen LogP contribution in [0.5, 0.6) is 0 Å². The average Bonchev–Trinajstić information content (AvgIpc) is 2.60. The number of nitrogens with one attached hydrogen (secondary N) is 1. The van der Waals surface area contributed by atoms with E-state index in [4.69, 9.17) is 14.5 Å². The first kappa shape index (κ1) is 25.4. The van der Waals surface area contributed by atoms with Gasteiger partial charge in [0, 0.05) is 32.8 Å². The van der Waals surface area contributed by atoms with Crippen LogP contribution in [-0.4, -0.2) is 62.3 Å². The molecule has 1 atom stereocenters. The van der Waals surface area contributed by atoms with Gasteiger partial charge in [0.25, 0.3) is 0 Å². The van der Waals surface area contributed by atoms with Crippen LogP contribution in [0.25, 0.3) is 0 Å². The normalized spacial score (nSPS) is 17.0. The van der Waals surface area contributed by atoms with Crippen molar-refractivity contribution in [1.29, 1.82) is 0 Å². The zero-order valence-electron chi connectivity index (χ0n) is 17.1. The minimum absolute atomic E-state index is 0. The summed E-state index contributed by atoms with van der Waals surface area (Å²) < 4.78 is 10.9. The Balaban J connectivity index is 0.00000625. The number of nitrogens with zero attached hydrogens (tertiary/aromatic N) is 2. The monoisotopic (exact) mass is 483 g/mol. The van der Waals surface area contributed by atoms with Crippen molar-refractivity contribution in [3.05, 3.63) is 0 Å². The van der Waals surface area contributed by atoms with Gasteiger partial charge in [-0.25, -0.2) is 0 Å². The van der Waals surface area contributed by atoms with Crippen molar-refractivity contribution in [3.63, 3.8) is 0 Å². The Kier molecular flexibility index (Phi) is 14.2.